The van der Waals surface area contributed by atoms with Crippen LogP contribution in [-0.2, 0) is 4.79 Å². The van der Waals surface area contributed by atoms with Crippen molar-refractivity contribution in [3.05, 3.63) is 21.4 Å². The molecule has 1 N–H and O–H groups in total. The average Bonchev–Trinajstić information content (AvgIpc) is 2.85. The van der Waals surface area contributed by atoms with Crippen LogP contribution in [0.15, 0.2) is 6.07 Å². The molecule has 1 aliphatic rings. The van der Waals surface area contributed by atoms with Crippen LogP contribution in [0.25, 0.3) is 0 Å². The first-order valence-electron chi connectivity index (χ1n) is 6.74. The lowest BCUT2D eigenvalue weighted by atomic mass is 9.78. The Balaban J connectivity index is 2.15. The van der Waals surface area contributed by atoms with E-state index in [9.17, 15) is 9.59 Å². The molecule has 0 radical (unpaired) electrons. The molecule has 0 saturated heterocycles. The molecular weight excluding hydrogens is 260 g/mol. The minimum absolute atomic E-state index is 0.124. The van der Waals surface area contributed by atoms with E-state index in [1.807, 2.05) is 19.9 Å². The van der Waals surface area contributed by atoms with Crippen molar-refractivity contribution in [2.45, 2.75) is 52.4 Å². The molecule has 0 spiro atoms. The van der Waals surface area contributed by atoms with E-state index < -0.39 is 5.97 Å². The van der Waals surface area contributed by atoms with Gasteiger partial charge in [0.25, 0.3) is 0 Å². The van der Waals surface area contributed by atoms with Crippen molar-refractivity contribution in [2.75, 3.05) is 0 Å². The first-order chi connectivity index (χ1) is 8.92. The van der Waals surface area contributed by atoms with Gasteiger partial charge in [-0.25, -0.2) is 0 Å². The van der Waals surface area contributed by atoms with Crippen LogP contribution in [0.5, 0.6) is 0 Å². The molecule has 3 nitrogen and oxygen atoms in total. The van der Waals surface area contributed by atoms with Gasteiger partial charge >= 0.3 is 5.97 Å². The van der Waals surface area contributed by atoms with Crippen molar-refractivity contribution in [1.29, 1.82) is 0 Å². The van der Waals surface area contributed by atoms with Gasteiger partial charge in [0.2, 0.25) is 0 Å². The number of carboxylic acid groups (broad SMARTS) is 1. The lowest BCUT2D eigenvalue weighted by Crippen LogP contribution is -2.24. The molecule has 0 unspecified atom stereocenters. The second-order valence-corrected chi connectivity index (χ2v) is 7.00. The maximum absolute atomic E-state index is 12.4. The third-order valence-corrected chi connectivity index (χ3v) is 5.21. The summed E-state index contributed by atoms with van der Waals surface area (Å²) in [5.41, 5.74) is 0.726. The summed E-state index contributed by atoms with van der Waals surface area (Å²) >= 11 is 1.53. The Morgan fingerprint density at radius 2 is 1.89 bits per heavy atom. The Bertz CT molecular complexity index is 495. The molecule has 1 heterocycles. The highest BCUT2D eigenvalue weighted by atomic mass is 32.1. The Morgan fingerprint density at radius 3 is 2.37 bits per heavy atom. The zero-order valence-corrected chi connectivity index (χ0v) is 12.3. The molecule has 0 amide bonds. The lowest BCUT2D eigenvalue weighted by Gasteiger charge is -2.26. The number of thiophene rings is 1. The Morgan fingerprint density at radius 1 is 1.26 bits per heavy atom. The molecule has 1 aliphatic carbocycles. The summed E-state index contributed by atoms with van der Waals surface area (Å²) in [4.78, 5) is 25.4. The number of carbonyl (C=O) groups is 2. The van der Waals surface area contributed by atoms with Gasteiger partial charge in [-0.3, -0.25) is 9.59 Å². The van der Waals surface area contributed by atoms with E-state index in [0.29, 0.717) is 6.42 Å². The monoisotopic (exact) mass is 280 g/mol. The summed E-state index contributed by atoms with van der Waals surface area (Å²) in [6.07, 6.45) is 4.34. The van der Waals surface area contributed by atoms with Gasteiger partial charge in [-0.05, 0) is 43.7 Å². The number of rotatable bonds is 5. The van der Waals surface area contributed by atoms with Crippen LogP contribution in [0.3, 0.4) is 0 Å². The number of carboxylic acids is 1. The van der Waals surface area contributed by atoms with Crippen LogP contribution < -0.4 is 0 Å². The molecule has 0 atom stereocenters. The van der Waals surface area contributed by atoms with Gasteiger partial charge in [-0.15, -0.1) is 11.3 Å². The van der Waals surface area contributed by atoms with Gasteiger partial charge in [0.15, 0.2) is 5.78 Å². The van der Waals surface area contributed by atoms with Gasteiger partial charge in [0.05, 0.1) is 11.3 Å². The van der Waals surface area contributed by atoms with E-state index in [1.54, 1.807) is 0 Å². The smallest absolute Gasteiger partial charge is 0.303 e. The van der Waals surface area contributed by atoms with E-state index in [1.165, 1.54) is 11.3 Å². The highest BCUT2D eigenvalue weighted by Gasteiger charge is 2.38. The first-order valence-corrected chi connectivity index (χ1v) is 7.56. The van der Waals surface area contributed by atoms with Crippen molar-refractivity contribution in [2.24, 2.45) is 5.41 Å². The molecule has 0 aromatic carbocycles. The molecule has 0 aliphatic heterocycles. The second-order valence-electron chi connectivity index (χ2n) is 5.75. The number of aliphatic carboxylic acids is 1. The van der Waals surface area contributed by atoms with E-state index in [4.69, 9.17) is 5.11 Å². The van der Waals surface area contributed by atoms with Gasteiger partial charge in [0.1, 0.15) is 0 Å². The predicted molar refractivity (Wildman–Crippen MR) is 75.9 cm³/mol. The van der Waals surface area contributed by atoms with Crippen LogP contribution in [0.2, 0.25) is 0 Å². The van der Waals surface area contributed by atoms with Crippen molar-refractivity contribution >= 4 is 23.1 Å². The number of aryl methyl sites for hydroxylation is 2. The van der Waals surface area contributed by atoms with E-state index in [-0.39, 0.29) is 17.6 Å². The Labute approximate surface area is 117 Å². The summed E-state index contributed by atoms with van der Waals surface area (Å²) < 4.78 is 0. The van der Waals surface area contributed by atoms with Crippen molar-refractivity contribution in [3.63, 3.8) is 0 Å². The van der Waals surface area contributed by atoms with Crippen molar-refractivity contribution in [1.82, 2.24) is 0 Å². The molecule has 104 valence electrons. The normalized spacial score (nSPS) is 17.6. The summed E-state index contributed by atoms with van der Waals surface area (Å²) in [5, 5.41) is 9.07. The zero-order chi connectivity index (χ0) is 14.0. The highest BCUT2D eigenvalue weighted by Crippen LogP contribution is 2.45. The molecule has 19 heavy (non-hydrogen) atoms. The maximum Gasteiger partial charge on any atom is 0.303 e. The van der Waals surface area contributed by atoms with Gasteiger partial charge < -0.3 is 5.11 Å². The Hall–Kier alpha value is -1.16. The average molecular weight is 280 g/mol. The third-order valence-electron chi connectivity index (χ3n) is 4.02. The van der Waals surface area contributed by atoms with Crippen LogP contribution in [0, 0.1) is 19.3 Å². The summed E-state index contributed by atoms with van der Waals surface area (Å²) in [6, 6.07) is 2.02. The predicted octanol–water partition coefficient (Wildman–Crippen LogP) is 3.97. The molecule has 1 saturated carbocycles. The minimum atomic E-state index is -0.784. The van der Waals surface area contributed by atoms with Crippen LogP contribution in [0.4, 0.5) is 0 Å². The fourth-order valence-corrected chi connectivity index (χ4v) is 4.16. The largest absolute Gasteiger partial charge is 0.481 e. The summed E-state index contributed by atoms with van der Waals surface area (Å²) in [5.74, 6) is -0.660. The maximum atomic E-state index is 12.4. The fraction of sp³-hybridized carbons (Fsp3) is 0.600. The first kappa shape index (κ1) is 14.3. The molecule has 0 bridgehead atoms. The minimum Gasteiger partial charge on any atom is -0.481 e. The standard InChI is InChI=1S/C15H20O3S/c1-10-7-11(2)19-14(10)12(16)8-15(9-13(17)18)5-3-4-6-15/h7H,3-6,8-9H2,1-2H3,(H,17,18). The highest BCUT2D eigenvalue weighted by molar-refractivity contribution is 7.14. The summed E-state index contributed by atoms with van der Waals surface area (Å²) in [7, 11) is 0. The van der Waals surface area contributed by atoms with Gasteiger partial charge in [-0.2, -0.15) is 0 Å². The van der Waals surface area contributed by atoms with E-state index >= 15 is 0 Å². The number of ketones is 1. The van der Waals surface area contributed by atoms with E-state index in [2.05, 4.69) is 0 Å². The van der Waals surface area contributed by atoms with Crippen LogP contribution >= 0.6 is 11.3 Å². The molecule has 1 aromatic heterocycles. The molecule has 4 heteroatoms. The molecule has 1 aromatic rings. The van der Waals surface area contributed by atoms with Crippen LogP contribution in [0.1, 0.15) is 58.6 Å². The molecular formula is C15H20O3S. The number of hydrogen-bond donors (Lipinski definition) is 1. The number of hydrogen-bond acceptors (Lipinski definition) is 3. The summed E-state index contributed by atoms with van der Waals surface area (Å²) in [6.45, 7) is 3.95. The SMILES string of the molecule is Cc1cc(C)c(C(=O)CC2(CC(=O)O)CCCC2)s1. The quantitative estimate of drug-likeness (QED) is 0.830. The van der Waals surface area contributed by atoms with Crippen LogP contribution in [-0.4, -0.2) is 16.9 Å². The third kappa shape index (κ3) is 3.24. The van der Waals surface area contributed by atoms with Gasteiger partial charge in [-0.1, -0.05) is 12.8 Å². The molecule has 2 rings (SSSR count). The Kier molecular flexibility index (Phi) is 4.09. The molecule has 1 fully saturated rings. The van der Waals surface area contributed by atoms with Gasteiger partial charge in [0, 0.05) is 11.3 Å². The zero-order valence-electron chi connectivity index (χ0n) is 11.5. The van der Waals surface area contributed by atoms with E-state index in [0.717, 1.165) is 41.0 Å². The second kappa shape index (κ2) is 5.45. The lowest BCUT2D eigenvalue weighted by molar-refractivity contribution is -0.139. The fourth-order valence-electron chi connectivity index (χ4n) is 3.20. The topological polar surface area (TPSA) is 54.4 Å². The number of carbonyl (C=O) groups excluding carboxylic acids is 1. The number of Topliss-reactive ketones (excluding diaryl/α,β-unsaturated/α-hetero) is 1. The van der Waals surface area contributed by atoms with Crippen molar-refractivity contribution in [3.8, 4) is 0 Å². The van der Waals surface area contributed by atoms with Crippen molar-refractivity contribution < 1.29 is 14.7 Å².